The number of hydrogen-bond donors (Lipinski definition) is 1. The van der Waals surface area contributed by atoms with E-state index in [2.05, 4.69) is 5.32 Å². The van der Waals surface area contributed by atoms with Crippen molar-refractivity contribution in [3.8, 4) is 6.07 Å². The zero-order valence-electron chi connectivity index (χ0n) is 9.18. The SMILES string of the molecule is C[C@@H](C#N)NC(=O)c1cc(Cl)cc(C(F)(F)F)c1. The van der Waals surface area contributed by atoms with Crippen LogP contribution in [0.3, 0.4) is 0 Å². The van der Waals surface area contributed by atoms with E-state index in [-0.39, 0.29) is 10.6 Å². The van der Waals surface area contributed by atoms with Crippen molar-refractivity contribution >= 4 is 17.5 Å². The Hall–Kier alpha value is -1.74. The molecule has 0 aliphatic carbocycles. The maximum atomic E-state index is 12.5. The van der Waals surface area contributed by atoms with Gasteiger partial charge in [0.25, 0.3) is 5.91 Å². The van der Waals surface area contributed by atoms with Gasteiger partial charge < -0.3 is 5.32 Å². The summed E-state index contributed by atoms with van der Waals surface area (Å²) in [5, 5.41) is 10.5. The Bertz CT molecular complexity index is 508. The van der Waals surface area contributed by atoms with Gasteiger partial charge in [0.2, 0.25) is 0 Å². The van der Waals surface area contributed by atoms with Gasteiger partial charge in [-0.05, 0) is 25.1 Å². The number of alkyl halides is 3. The third-order valence-corrected chi connectivity index (χ3v) is 2.25. The van der Waals surface area contributed by atoms with Crippen LogP contribution in [0.4, 0.5) is 13.2 Å². The molecule has 0 heterocycles. The first-order chi connectivity index (χ1) is 8.24. The van der Waals surface area contributed by atoms with Crippen LogP contribution in [-0.2, 0) is 6.18 Å². The third kappa shape index (κ3) is 3.64. The number of hydrogen-bond acceptors (Lipinski definition) is 2. The zero-order valence-corrected chi connectivity index (χ0v) is 9.93. The molecule has 1 atom stereocenters. The lowest BCUT2D eigenvalue weighted by Crippen LogP contribution is -2.31. The Morgan fingerprint density at radius 3 is 2.56 bits per heavy atom. The van der Waals surface area contributed by atoms with Crippen molar-refractivity contribution in [1.82, 2.24) is 5.32 Å². The minimum absolute atomic E-state index is 0.195. The second-order valence-corrected chi connectivity index (χ2v) is 3.99. The second kappa shape index (κ2) is 5.27. The summed E-state index contributed by atoms with van der Waals surface area (Å²) in [4.78, 5) is 11.6. The van der Waals surface area contributed by atoms with Gasteiger partial charge in [0.05, 0.1) is 11.6 Å². The van der Waals surface area contributed by atoms with E-state index in [1.807, 2.05) is 0 Å². The lowest BCUT2D eigenvalue weighted by Gasteiger charge is -2.11. The number of carbonyl (C=O) groups excluding carboxylic acids is 1. The molecule has 0 aliphatic rings. The van der Waals surface area contributed by atoms with E-state index >= 15 is 0 Å². The van der Waals surface area contributed by atoms with E-state index in [9.17, 15) is 18.0 Å². The molecule has 1 aromatic carbocycles. The molecule has 0 saturated heterocycles. The first kappa shape index (κ1) is 14.3. The highest BCUT2D eigenvalue weighted by Gasteiger charge is 2.31. The largest absolute Gasteiger partial charge is 0.416 e. The molecular formula is C11H8ClF3N2O. The van der Waals surface area contributed by atoms with Crippen LogP contribution in [0.25, 0.3) is 0 Å². The van der Waals surface area contributed by atoms with Crippen molar-refractivity contribution in [1.29, 1.82) is 5.26 Å². The lowest BCUT2D eigenvalue weighted by molar-refractivity contribution is -0.137. The molecule has 0 bridgehead atoms. The van der Waals surface area contributed by atoms with Crippen LogP contribution < -0.4 is 5.32 Å². The average Bonchev–Trinajstić information content (AvgIpc) is 2.26. The number of benzene rings is 1. The average molecular weight is 277 g/mol. The Morgan fingerprint density at radius 1 is 1.44 bits per heavy atom. The number of nitrogens with zero attached hydrogens (tertiary/aromatic N) is 1. The zero-order chi connectivity index (χ0) is 13.9. The number of amides is 1. The predicted octanol–water partition coefficient (Wildman–Crippen LogP) is 3.00. The first-order valence-corrected chi connectivity index (χ1v) is 5.20. The van der Waals surface area contributed by atoms with E-state index in [1.165, 1.54) is 6.92 Å². The van der Waals surface area contributed by atoms with Gasteiger partial charge in [-0.1, -0.05) is 11.6 Å². The fourth-order valence-corrected chi connectivity index (χ4v) is 1.43. The summed E-state index contributed by atoms with van der Waals surface area (Å²) in [5.41, 5.74) is -1.25. The van der Waals surface area contributed by atoms with Crippen LogP contribution >= 0.6 is 11.6 Å². The highest BCUT2D eigenvalue weighted by atomic mass is 35.5. The highest BCUT2D eigenvalue weighted by molar-refractivity contribution is 6.31. The Kier molecular flexibility index (Phi) is 4.19. The van der Waals surface area contributed by atoms with Gasteiger partial charge in [0.1, 0.15) is 6.04 Å². The molecule has 3 nitrogen and oxygen atoms in total. The molecule has 0 aliphatic heterocycles. The van der Waals surface area contributed by atoms with Crippen molar-refractivity contribution in [2.45, 2.75) is 19.1 Å². The summed E-state index contributed by atoms with van der Waals surface area (Å²) in [6, 6.07) is 3.46. The molecule has 18 heavy (non-hydrogen) atoms. The number of rotatable bonds is 2. The Balaban J connectivity index is 3.08. The van der Waals surface area contributed by atoms with Gasteiger partial charge >= 0.3 is 6.18 Å². The molecule has 0 fully saturated rings. The maximum Gasteiger partial charge on any atom is 0.416 e. The van der Waals surface area contributed by atoms with Crippen molar-refractivity contribution in [3.63, 3.8) is 0 Å². The molecule has 1 rings (SSSR count). The van der Waals surface area contributed by atoms with Gasteiger partial charge in [-0.3, -0.25) is 4.79 Å². The number of nitrogens with one attached hydrogen (secondary N) is 1. The quantitative estimate of drug-likeness (QED) is 0.903. The molecule has 96 valence electrons. The molecule has 0 saturated carbocycles. The van der Waals surface area contributed by atoms with Gasteiger partial charge in [0.15, 0.2) is 0 Å². The summed E-state index contributed by atoms with van der Waals surface area (Å²) in [6.45, 7) is 1.41. The minimum atomic E-state index is -4.58. The standard InChI is InChI=1S/C11H8ClF3N2O/c1-6(5-16)17-10(18)7-2-8(11(13,14)15)4-9(12)3-7/h2-4,6H,1H3,(H,17,18)/t6-/m0/s1. The molecular weight excluding hydrogens is 269 g/mol. The Morgan fingerprint density at radius 2 is 2.06 bits per heavy atom. The summed E-state index contributed by atoms with van der Waals surface area (Å²) in [5.74, 6) is -0.781. The van der Waals surface area contributed by atoms with Crippen LogP contribution in [0, 0.1) is 11.3 Å². The highest BCUT2D eigenvalue weighted by Crippen LogP contribution is 2.31. The van der Waals surface area contributed by atoms with E-state index in [0.29, 0.717) is 6.07 Å². The van der Waals surface area contributed by atoms with Crippen LogP contribution in [0.5, 0.6) is 0 Å². The van der Waals surface area contributed by atoms with Gasteiger partial charge in [-0.2, -0.15) is 18.4 Å². The van der Waals surface area contributed by atoms with Gasteiger partial charge in [-0.25, -0.2) is 0 Å². The van der Waals surface area contributed by atoms with E-state index in [0.717, 1.165) is 12.1 Å². The van der Waals surface area contributed by atoms with Crippen LogP contribution in [0.15, 0.2) is 18.2 Å². The normalized spacial score (nSPS) is 12.7. The summed E-state index contributed by atoms with van der Waals surface area (Å²) >= 11 is 5.53. The van der Waals surface area contributed by atoms with Crippen LogP contribution in [-0.4, -0.2) is 11.9 Å². The van der Waals surface area contributed by atoms with Crippen molar-refractivity contribution < 1.29 is 18.0 Å². The maximum absolute atomic E-state index is 12.5. The van der Waals surface area contributed by atoms with Crippen LogP contribution in [0.1, 0.15) is 22.8 Å². The fourth-order valence-electron chi connectivity index (χ4n) is 1.20. The molecule has 1 amide bonds. The van der Waals surface area contributed by atoms with Crippen molar-refractivity contribution in [2.24, 2.45) is 0 Å². The van der Waals surface area contributed by atoms with Crippen molar-refractivity contribution in [2.75, 3.05) is 0 Å². The monoisotopic (exact) mass is 276 g/mol. The molecule has 0 spiro atoms. The number of halogens is 4. The van der Waals surface area contributed by atoms with E-state index in [4.69, 9.17) is 16.9 Å². The van der Waals surface area contributed by atoms with E-state index in [1.54, 1.807) is 6.07 Å². The number of carbonyl (C=O) groups is 1. The van der Waals surface area contributed by atoms with Gasteiger partial charge in [0, 0.05) is 10.6 Å². The summed E-state index contributed by atoms with van der Waals surface area (Å²) in [7, 11) is 0. The van der Waals surface area contributed by atoms with E-state index < -0.39 is 23.7 Å². The summed E-state index contributed by atoms with van der Waals surface area (Å²) < 4.78 is 37.5. The smallest absolute Gasteiger partial charge is 0.337 e. The lowest BCUT2D eigenvalue weighted by atomic mass is 10.1. The Labute approximate surface area is 106 Å². The first-order valence-electron chi connectivity index (χ1n) is 4.82. The third-order valence-electron chi connectivity index (χ3n) is 2.03. The van der Waals surface area contributed by atoms with Gasteiger partial charge in [-0.15, -0.1) is 0 Å². The molecule has 1 aromatic rings. The molecule has 1 N–H and O–H groups in total. The topological polar surface area (TPSA) is 52.9 Å². The predicted molar refractivity (Wildman–Crippen MR) is 59.0 cm³/mol. The second-order valence-electron chi connectivity index (χ2n) is 3.55. The molecule has 0 aromatic heterocycles. The number of nitriles is 1. The summed E-state index contributed by atoms with van der Waals surface area (Å²) in [6.07, 6.45) is -4.58. The minimum Gasteiger partial charge on any atom is -0.337 e. The van der Waals surface area contributed by atoms with Crippen LogP contribution in [0.2, 0.25) is 5.02 Å². The van der Waals surface area contributed by atoms with Crippen molar-refractivity contribution in [3.05, 3.63) is 34.3 Å². The molecule has 0 unspecified atom stereocenters. The molecule has 0 radical (unpaired) electrons. The molecule has 7 heteroatoms. The fraction of sp³-hybridized carbons (Fsp3) is 0.273.